The van der Waals surface area contributed by atoms with Crippen LogP contribution in [-0.2, 0) is 14.3 Å². The fourth-order valence-electron chi connectivity index (χ4n) is 2.67. The molecule has 2 atom stereocenters. The molecule has 0 radical (unpaired) electrons. The molecular weight excluding hydrogens is 272 g/mol. The molecule has 2 unspecified atom stereocenters. The first-order chi connectivity index (χ1) is 10.1. The molecule has 6 heteroatoms. The van der Waals surface area contributed by atoms with E-state index in [1.807, 2.05) is 6.92 Å². The summed E-state index contributed by atoms with van der Waals surface area (Å²) in [7, 11) is 0. The lowest BCUT2D eigenvalue weighted by molar-refractivity contribution is -0.121. The van der Waals surface area contributed by atoms with Crippen molar-refractivity contribution in [1.82, 2.24) is 4.98 Å². The maximum Gasteiger partial charge on any atom is 0.342 e. The summed E-state index contributed by atoms with van der Waals surface area (Å²) < 4.78 is 10.6. The third-order valence-corrected chi connectivity index (χ3v) is 3.76. The number of carbonyl (C=O) groups excluding carboxylic acids is 2. The smallest absolute Gasteiger partial charge is 0.342 e. The molecule has 1 amide bonds. The van der Waals surface area contributed by atoms with Crippen LogP contribution in [0, 0.1) is 12.8 Å². The van der Waals surface area contributed by atoms with Crippen LogP contribution >= 0.6 is 0 Å². The van der Waals surface area contributed by atoms with E-state index in [0.717, 1.165) is 6.42 Å². The number of ether oxygens (including phenoxy) is 2. The lowest BCUT2D eigenvalue weighted by atomic mass is 9.98. The Labute approximate surface area is 124 Å². The summed E-state index contributed by atoms with van der Waals surface area (Å²) in [5.74, 6) is -0.703. The average molecular weight is 294 g/mol. The van der Waals surface area contributed by atoms with Crippen molar-refractivity contribution in [1.29, 1.82) is 0 Å². The van der Waals surface area contributed by atoms with Gasteiger partial charge in [-0.2, -0.15) is 0 Å². The molecule has 1 fully saturated rings. The number of aromatic nitrogens is 1. The van der Waals surface area contributed by atoms with Gasteiger partial charge < -0.3 is 19.8 Å². The Bertz CT molecular complexity index is 524. The number of nitrogens with one attached hydrogen (secondary N) is 2. The van der Waals surface area contributed by atoms with Crippen LogP contribution in [0.1, 0.15) is 42.7 Å². The zero-order valence-corrected chi connectivity index (χ0v) is 12.7. The topological polar surface area (TPSA) is 80.4 Å². The van der Waals surface area contributed by atoms with Gasteiger partial charge in [-0.05, 0) is 26.7 Å². The van der Waals surface area contributed by atoms with Gasteiger partial charge in [0.1, 0.15) is 5.56 Å². The number of esters is 1. The van der Waals surface area contributed by atoms with Gasteiger partial charge in [-0.3, -0.25) is 4.79 Å². The van der Waals surface area contributed by atoms with Crippen LogP contribution in [0.25, 0.3) is 0 Å². The highest BCUT2D eigenvalue weighted by Gasteiger charge is 2.33. The highest BCUT2D eigenvalue weighted by atomic mass is 16.5. The summed E-state index contributed by atoms with van der Waals surface area (Å²) in [6, 6.07) is 0. The lowest BCUT2D eigenvalue weighted by Gasteiger charge is -2.16. The van der Waals surface area contributed by atoms with E-state index in [9.17, 15) is 9.59 Å². The highest BCUT2D eigenvalue weighted by molar-refractivity contribution is 6.03. The predicted molar refractivity (Wildman–Crippen MR) is 78.3 cm³/mol. The van der Waals surface area contributed by atoms with Gasteiger partial charge in [-0.25, -0.2) is 4.79 Å². The number of hydrogen-bond acceptors (Lipinski definition) is 4. The molecule has 21 heavy (non-hydrogen) atoms. The minimum absolute atomic E-state index is 0.0453. The normalized spacial score (nSPS) is 21.3. The SMILES string of the molecule is CCOC(=O)c1c(NC(=O)C2CCOC2CC)c[nH]c1C. The Hall–Kier alpha value is -1.82. The van der Waals surface area contributed by atoms with Crippen molar-refractivity contribution in [3.05, 3.63) is 17.5 Å². The standard InChI is InChI=1S/C15H22N2O4/c1-4-12-10(6-7-21-12)14(18)17-11-8-16-9(3)13(11)15(19)20-5-2/h8,10,12,16H,4-7H2,1-3H3,(H,17,18). The van der Waals surface area contributed by atoms with Gasteiger partial charge >= 0.3 is 5.97 Å². The molecule has 1 aliphatic rings. The van der Waals surface area contributed by atoms with Crippen molar-refractivity contribution in [2.45, 2.75) is 39.7 Å². The molecule has 6 nitrogen and oxygen atoms in total. The molecule has 2 N–H and O–H groups in total. The number of amides is 1. The first-order valence-corrected chi connectivity index (χ1v) is 7.36. The van der Waals surface area contributed by atoms with E-state index < -0.39 is 5.97 Å². The van der Waals surface area contributed by atoms with Gasteiger partial charge in [0.25, 0.3) is 0 Å². The second-order valence-corrected chi connectivity index (χ2v) is 5.12. The Morgan fingerprint density at radius 3 is 2.90 bits per heavy atom. The van der Waals surface area contributed by atoms with E-state index in [1.165, 1.54) is 0 Å². The molecule has 2 rings (SSSR count). The highest BCUT2D eigenvalue weighted by Crippen LogP contribution is 2.27. The third-order valence-electron chi connectivity index (χ3n) is 3.76. The van der Waals surface area contributed by atoms with E-state index in [-0.39, 0.29) is 17.9 Å². The number of rotatable bonds is 5. The Morgan fingerprint density at radius 1 is 1.48 bits per heavy atom. The maximum atomic E-state index is 12.4. The molecule has 0 aromatic carbocycles. The van der Waals surface area contributed by atoms with Crippen molar-refractivity contribution in [3.63, 3.8) is 0 Å². The summed E-state index contributed by atoms with van der Waals surface area (Å²) in [4.78, 5) is 27.3. The quantitative estimate of drug-likeness (QED) is 0.816. The summed E-state index contributed by atoms with van der Waals surface area (Å²) in [5, 5.41) is 2.83. The minimum atomic E-state index is -0.429. The van der Waals surface area contributed by atoms with Crippen molar-refractivity contribution >= 4 is 17.6 Å². The fraction of sp³-hybridized carbons (Fsp3) is 0.600. The molecule has 2 heterocycles. The summed E-state index contributed by atoms with van der Waals surface area (Å²) in [5.41, 5.74) is 1.54. The van der Waals surface area contributed by atoms with Crippen molar-refractivity contribution in [2.75, 3.05) is 18.5 Å². The van der Waals surface area contributed by atoms with E-state index in [1.54, 1.807) is 20.0 Å². The first kappa shape index (κ1) is 15.6. The second-order valence-electron chi connectivity index (χ2n) is 5.12. The molecule has 1 saturated heterocycles. The number of anilines is 1. The van der Waals surface area contributed by atoms with Crippen LogP contribution in [0.3, 0.4) is 0 Å². The maximum absolute atomic E-state index is 12.4. The van der Waals surface area contributed by atoms with E-state index in [4.69, 9.17) is 9.47 Å². The molecule has 0 aliphatic carbocycles. The van der Waals surface area contributed by atoms with Crippen LogP contribution < -0.4 is 5.32 Å². The predicted octanol–water partition coefficient (Wildman–Crippen LogP) is 2.25. The van der Waals surface area contributed by atoms with Crippen LogP contribution in [0.5, 0.6) is 0 Å². The summed E-state index contributed by atoms with van der Waals surface area (Å²) >= 11 is 0. The zero-order chi connectivity index (χ0) is 15.4. The van der Waals surface area contributed by atoms with Gasteiger partial charge in [0.15, 0.2) is 0 Å². The number of carbonyl (C=O) groups is 2. The molecule has 0 saturated carbocycles. The molecule has 116 valence electrons. The Balaban J connectivity index is 2.13. The third kappa shape index (κ3) is 3.26. The number of aryl methyl sites for hydroxylation is 1. The summed E-state index contributed by atoms with van der Waals surface area (Å²) in [6.45, 7) is 6.43. The molecular formula is C15H22N2O4. The van der Waals surface area contributed by atoms with Crippen molar-refractivity contribution in [3.8, 4) is 0 Å². The lowest BCUT2D eigenvalue weighted by Crippen LogP contribution is -2.29. The second kappa shape index (κ2) is 6.76. The molecule has 1 aromatic heterocycles. The van der Waals surface area contributed by atoms with Crippen molar-refractivity contribution < 1.29 is 19.1 Å². The van der Waals surface area contributed by atoms with E-state index in [2.05, 4.69) is 10.3 Å². The van der Waals surface area contributed by atoms with Gasteiger partial charge in [-0.1, -0.05) is 6.92 Å². The largest absolute Gasteiger partial charge is 0.462 e. The zero-order valence-electron chi connectivity index (χ0n) is 12.7. The van der Waals surface area contributed by atoms with Gasteiger partial charge in [0.2, 0.25) is 5.91 Å². The molecule has 1 aromatic rings. The van der Waals surface area contributed by atoms with Crippen LogP contribution in [-0.4, -0.2) is 36.2 Å². The summed E-state index contributed by atoms with van der Waals surface area (Å²) in [6.07, 6.45) is 3.09. The van der Waals surface area contributed by atoms with Crippen molar-refractivity contribution in [2.24, 2.45) is 5.92 Å². The number of hydrogen-bond donors (Lipinski definition) is 2. The Kier molecular flexibility index (Phi) is 5.01. The van der Waals surface area contributed by atoms with E-state index >= 15 is 0 Å². The van der Waals surface area contributed by atoms with E-state index in [0.29, 0.717) is 36.6 Å². The molecule has 0 bridgehead atoms. The van der Waals surface area contributed by atoms with Crippen LogP contribution in [0.15, 0.2) is 6.20 Å². The fourth-order valence-corrected chi connectivity index (χ4v) is 2.67. The minimum Gasteiger partial charge on any atom is -0.462 e. The van der Waals surface area contributed by atoms with Crippen LogP contribution in [0.4, 0.5) is 5.69 Å². The monoisotopic (exact) mass is 294 g/mol. The van der Waals surface area contributed by atoms with Gasteiger partial charge in [-0.15, -0.1) is 0 Å². The van der Waals surface area contributed by atoms with Gasteiger partial charge in [0, 0.05) is 18.5 Å². The van der Waals surface area contributed by atoms with Crippen LogP contribution in [0.2, 0.25) is 0 Å². The Morgan fingerprint density at radius 2 is 2.24 bits per heavy atom. The molecule has 0 spiro atoms. The number of aromatic amines is 1. The first-order valence-electron chi connectivity index (χ1n) is 7.36. The van der Waals surface area contributed by atoms with Gasteiger partial charge in [0.05, 0.1) is 24.3 Å². The molecule has 1 aliphatic heterocycles. The number of H-pyrrole nitrogens is 1. The average Bonchev–Trinajstić information content (AvgIpc) is 3.05.